The third kappa shape index (κ3) is 4.76. The van der Waals surface area contributed by atoms with E-state index < -0.39 is 42.3 Å². The predicted molar refractivity (Wildman–Crippen MR) is 78.4 cm³/mol. The van der Waals surface area contributed by atoms with Crippen molar-refractivity contribution in [1.29, 1.82) is 0 Å². The van der Waals surface area contributed by atoms with E-state index in [-0.39, 0.29) is 19.4 Å². The van der Waals surface area contributed by atoms with Crippen molar-refractivity contribution < 1.29 is 29.1 Å². The van der Waals surface area contributed by atoms with Crippen LogP contribution in [0.25, 0.3) is 0 Å². The number of likely N-dealkylation sites (N-methyl/N-ethyl adjacent to an activating group) is 1. The lowest BCUT2D eigenvalue weighted by atomic mass is 10.0. The first-order chi connectivity index (χ1) is 10.8. The predicted octanol–water partition coefficient (Wildman–Crippen LogP) is -0.545. The first kappa shape index (κ1) is 18.6. The normalized spacial score (nSPS) is 19.0. The summed E-state index contributed by atoms with van der Waals surface area (Å²) >= 11 is 0. The third-order valence-electron chi connectivity index (χ3n) is 3.72. The van der Waals surface area contributed by atoms with Gasteiger partial charge in [-0.2, -0.15) is 0 Å². The van der Waals surface area contributed by atoms with Crippen molar-refractivity contribution in [2.24, 2.45) is 5.92 Å². The zero-order valence-corrected chi connectivity index (χ0v) is 13.2. The van der Waals surface area contributed by atoms with E-state index in [4.69, 9.17) is 5.11 Å². The molecule has 0 saturated carbocycles. The number of nitrogens with one attached hydrogen (secondary N) is 1. The number of aliphatic carboxylic acids is 1. The number of urea groups is 1. The summed E-state index contributed by atoms with van der Waals surface area (Å²) in [7, 11) is 1.50. The van der Waals surface area contributed by atoms with Gasteiger partial charge in [-0.3, -0.25) is 19.3 Å². The Morgan fingerprint density at radius 2 is 2.04 bits per heavy atom. The largest absolute Gasteiger partial charge is 0.481 e. The van der Waals surface area contributed by atoms with Gasteiger partial charge in [0, 0.05) is 20.0 Å². The van der Waals surface area contributed by atoms with Crippen LogP contribution in [0.2, 0.25) is 0 Å². The number of aldehydes is 1. The van der Waals surface area contributed by atoms with Gasteiger partial charge in [-0.1, -0.05) is 6.92 Å². The minimum atomic E-state index is -1.07. The van der Waals surface area contributed by atoms with Crippen LogP contribution in [0.3, 0.4) is 0 Å². The molecule has 0 aliphatic carbocycles. The monoisotopic (exact) mass is 327 g/mol. The standard InChI is InChI=1S/C14H21N3O6/c1-3-10-13(22)17(14(23)16(10)2)8-11(19)15-7-9(4-5-18)6-12(20)21/h5,9-10H,3-4,6-8H2,1-2H3,(H,15,19)(H,20,21). The molecular weight excluding hydrogens is 306 g/mol. The molecular formula is C14H21N3O6. The van der Waals surface area contributed by atoms with Crippen LogP contribution in [0, 0.1) is 5.92 Å². The molecule has 0 aromatic carbocycles. The van der Waals surface area contributed by atoms with E-state index in [2.05, 4.69) is 5.32 Å². The van der Waals surface area contributed by atoms with Gasteiger partial charge in [-0.05, 0) is 12.3 Å². The highest BCUT2D eigenvalue weighted by molar-refractivity contribution is 6.06. The fourth-order valence-electron chi connectivity index (χ4n) is 2.44. The summed E-state index contributed by atoms with van der Waals surface area (Å²) in [6.45, 7) is 1.35. The SMILES string of the molecule is CCC1C(=O)N(CC(=O)NCC(CC=O)CC(=O)O)C(=O)N1C. The fraction of sp³-hybridized carbons (Fsp3) is 0.643. The average molecular weight is 327 g/mol. The maximum Gasteiger partial charge on any atom is 0.327 e. The van der Waals surface area contributed by atoms with Crippen molar-refractivity contribution in [3.63, 3.8) is 0 Å². The topological polar surface area (TPSA) is 124 Å². The molecule has 4 amide bonds. The number of rotatable bonds is 9. The Hall–Kier alpha value is -2.45. The molecule has 128 valence electrons. The number of amides is 4. The van der Waals surface area contributed by atoms with E-state index in [9.17, 15) is 24.0 Å². The lowest BCUT2D eigenvalue weighted by molar-refractivity contribution is -0.138. The maximum atomic E-state index is 12.0. The fourth-order valence-corrected chi connectivity index (χ4v) is 2.44. The molecule has 1 heterocycles. The van der Waals surface area contributed by atoms with Crippen LogP contribution < -0.4 is 5.32 Å². The minimum absolute atomic E-state index is 0.00681. The number of hydrogen-bond acceptors (Lipinski definition) is 5. The second kappa shape index (κ2) is 8.25. The van der Waals surface area contributed by atoms with Crippen LogP contribution in [0.15, 0.2) is 0 Å². The molecule has 1 saturated heterocycles. The summed E-state index contributed by atoms with van der Waals surface area (Å²) in [5.41, 5.74) is 0. The molecule has 0 radical (unpaired) electrons. The lowest BCUT2D eigenvalue weighted by Gasteiger charge is -2.16. The highest BCUT2D eigenvalue weighted by Gasteiger charge is 2.42. The molecule has 9 heteroatoms. The Labute approximate surface area is 133 Å². The summed E-state index contributed by atoms with van der Waals surface area (Å²) in [6.07, 6.45) is 0.809. The quantitative estimate of drug-likeness (QED) is 0.433. The van der Waals surface area contributed by atoms with Gasteiger partial charge in [0.2, 0.25) is 5.91 Å². The highest BCUT2D eigenvalue weighted by atomic mass is 16.4. The molecule has 9 nitrogen and oxygen atoms in total. The van der Waals surface area contributed by atoms with Crippen LogP contribution in [0.5, 0.6) is 0 Å². The Kier molecular flexibility index (Phi) is 6.67. The van der Waals surface area contributed by atoms with Gasteiger partial charge < -0.3 is 20.1 Å². The molecule has 1 aliphatic heterocycles. The number of hydrogen-bond donors (Lipinski definition) is 2. The molecule has 1 fully saturated rings. The maximum absolute atomic E-state index is 12.0. The van der Waals surface area contributed by atoms with Gasteiger partial charge in [0.15, 0.2) is 0 Å². The van der Waals surface area contributed by atoms with E-state index in [0.29, 0.717) is 12.7 Å². The Balaban J connectivity index is 2.56. The summed E-state index contributed by atoms with van der Waals surface area (Å²) in [4.78, 5) is 59.2. The van der Waals surface area contributed by atoms with Gasteiger partial charge >= 0.3 is 12.0 Å². The van der Waals surface area contributed by atoms with E-state index >= 15 is 0 Å². The Bertz CT molecular complexity index is 507. The molecule has 0 aromatic heterocycles. The molecule has 0 spiro atoms. The number of carboxylic acid groups (broad SMARTS) is 1. The van der Waals surface area contributed by atoms with Crippen LogP contribution in [-0.2, 0) is 19.2 Å². The molecule has 1 rings (SSSR count). The first-order valence-electron chi connectivity index (χ1n) is 7.32. The summed E-state index contributed by atoms with van der Waals surface area (Å²) in [5, 5.41) is 11.2. The molecule has 0 aromatic rings. The van der Waals surface area contributed by atoms with Crippen molar-refractivity contribution in [3.8, 4) is 0 Å². The minimum Gasteiger partial charge on any atom is -0.481 e. The van der Waals surface area contributed by atoms with Crippen molar-refractivity contribution >= 4 is 30.1 Å². The Morgan fingerprint density at radius 1 is 1.39 bits per heavy atom. The van der Waals surface area contributed by atoms with E-state index in [1.54, 1.807) is 6.92 Å². The summed E-state index contributed by atoms with van der Waals surface area (Å²) in [5.74, 6) is -2.59. The van der Waals surface area contributed by atoms with Gasteiger partial charge in [0.25, 0.3) is 5.91 Å². The second-order valence-electron chi connectivity index (χ2n) is 5.41. The zero-order chi connectivity index (χ0) is 17.6. The third-order valence-corrected chi connectivity index (χ3v) is 3.72. The summed E-state index contributed by atoms with van der Waals surface area (Å²) in [6, 6.07) is -1.10. The number of carbonyl (C=O) groups is 5. The van der Waals surface area contributed by atoms with Gasteiger partial charge in [0.1, 0.15) is 18.9 Å². The molecule has 2 unspecified atom stereocenters. The molecule has 0 bridgehead atoms. The Morgan fingerprint density at radius 3 is 2.52 bits per heavy atom. The zero-order valence-electron chi connectivity index (χ0n) is 13.2. The van der Waals surface area contributed by atoms with E-state index in [1.165, 1.54) is 11.9 Å². The number of nitrogens with zero attached hydrogens (tertiary/aromatic N) is 2. The number of carboxylic acids is 1. The lowest BCUT2D eigenvalue weighted by Crippen LogP contribution is -2.42. The molecule has 23 heavy (non-hydrogen) atoms. The van der Waals surface area contributed by atoms with E-state index in [1.807, 2.05) is 0 Å². The highest BCUT2D eigenvalue weighted by Crippen LogP contribution is 2.17. The summed E-state index contributed by atoms with van der Waals surface area (Å²) < 4.78 is 0. The number of imide groups is 1. The van der Waals surface area contributed by atoms with Crippen LogP contribution >= 0.6 is 0 Å². The van der Waals surface area contributed by atoms with Crippen molar-refractivity contribution in [2.45, 2.75) is 32.2 Å². The number of carbonyl (C=O) groups excluding carboxylic acids is 4. The smallest absolute Gasteiger partial charge is 0.327 e. The molecule has 2 N–H and O–H groups in total. The second-order valence-corrected chi connectivity index (χ2v) is 5.41. The van der Waals surface area contributed by atoms with E-state index in [0.717, 1.165) is 4.90 Å². The molecule has 2 atom stereocenters. The van der Waals surface area contributed by atoms with Crippen molar-refractivity contribution in [3.05, 3.63) is 0 Å². The van der Waals surface area contributed by atoms with Crippen LogP contribution in [0.1, 0.15) is 26.2 Å². The average Bonchev–Trinajstić information content (AvgIpc) is 2.68. The van der Waals surface area contributed by atoms with Crippen LogP contribution in [0.4, 0.5) is 4.79 Å². The first-order valence-corrected chi connectivity index (χ1v) is 7.32. The van der Waals surface area contributed by atoms with Gasteiger partial charge in [0.05, 0.1) is 6.42 Å². The van der Waals surface area contributed by atoms with Crippen molar-refractivity contribution in [1.82, 2.24) is 15.1 Å². The van der Waals surface area contributed by atoms with Gasteiger partial charge in [-0.15, -0.1) is 0 Å². The van der Waals surface area contributed by atoms with Crippen molar-refractivity contribution in [2.75, 3.05) is 20.1 Å². The van der Waals surface area contributed by atoms with Gasteiger partial charge in [-0.25, -0.2) is 4.79 Å². The van der Waals surface area contributed by atoms with Crippen LogP contribution in [-0.4, -0.2) is 71.2 Å². The molecule has 1 aliphatic rings.